The van der Waals surface area contributed by atoms with Crippen LogP contribution in [-0.2, 0) is 0 Å². The largest absolute Gasteiger partial charge is 0.440 e. The van der Waals surface area contributed by atoms with Gasteiger partial charge in [0.05, 0.1) is 11.5 Å². The van der Waals surface area contributed by atoms with Crippen molar-refractivity contribution in [2.45, 2.75) is 12.8 Å². The van der Waals surface area contributed by atoms with Crippen molar-refractivity contribution in [2.24, 2.45) is 5.73 Å². The zero-order chi connectivity index (χ0) is 15.0. The number of nitriles is 1. The molecular weight excluding hydrogens is 266 g/mol. The molecule has 0 bridgehead atoms. The molecule has 0 saturated heterocycles. The topological polar surface area (TPSA) is 91.9 Å². The number of pyridine rings is 1. The Morgan fingerprint density at radius 2 is 2.05 bits per heavy atom. The minimum absolute atomic E-state index is 0.0452. The van der Waals surface area contributed by atoms with Crippen molar-refractivity contribution in [2.75, 3.05) is 0 Å². The summed E-state index contributed by atoms with van der Waals surface area (Å²) in [4.78, 5) is 15.1. The van der Waals surface area contributed by atoms with E-state index in [4.69, 9.17) is 10.5 Å². The molecule has 5 nitrogen and oxygen atoms in total. The van der Waals surface area contributed by atoms with Gasteiger partial charge in [-0.3, -0.25) is 4.79 Å². The quantitative estimate of drug-likeness (QED) is 0.834. The molecule has 0 spiro atoms. The van der Waals surface area contributed by atoms with Gasteiger partial charge in [-0.25, -0.2) is 0 Å². The van der Waals surface area contributed by atoms with Gasteiger partial charge in [-0.05, 0) is 12.5 Å². The number of fused-ring (bicyclic) bond motifs is 1. The van der Waals surface area contributed by atoms with Gasteiger partial charge >= 0.3 is 0 Å². The third kappa shape index (κ3) is 2.07. The van der Waals surface area contributed by atoms with E-state index in [1.807, 2.05) is 30.3 Å². The molecule has 3 rings (SSSR count). The number of nitrogens with one attached hydrogen (secondary N) is 1. The minimum Gasteiger partial charge on any atom is -0.440 e. The molecule has 0 saturated carbocycles. The first-order valence-corrected chi connectivity index (χ1v) is 6.48. The van der Waals surface area contributed by atoms with Crippen molar-refractivity contribution < 1.29 is 4.74 Å². The lowest BCUT2D eigenvalue weighted by Crippen LogP contribution is -2.27. The fourth-order valence-electron chi connectivity index (χ4n) is 2.59. The first-order valence-electron chi connectivity index (χ1n) is 6.48. The predicted octanol–water partition coefficient (Wildman–Crippen LogP) is 1.90. The Bertz CT molecular complexity index is 829. The molecule has 0 amide bonds. The van der Waals surface area contributed by atoms with Crippen LogP contribution in [0.4, 0.5) is 0 Å². The first kappa shape index (κ1) is 13.0. The third-order valence-electron chi connectivity index (χ3n) is 3.48. The maximum Gasteiger partial charge on any atom is 0.256 e. The Morgan fingerprint density at radius 1 is 1.33 bits per heavy atom. The number of nitrogens with two attached hydrogens (primary N) is 1. The summed E-state index contributed by atoms with van der Waals surface area (Å²) in [5.41, 5.74) is 7.77. The van der Waals surface area contributed by atoms with Crippen LogP contribution in [0.3, 0.4) is 0 Å². The molecule has 104 valence electrons. The van der Waals surface area contributed by atoms with Crippen molar-refractivity contribution in [3.63, 3.8) is 0 Å². The van der Waals surface area contributed by atoms with Gasteiger partial charge in [0.25, 0.3) is 5.56 Å². The Balaban J connectivity index is 2.32. The summed E-state index contributed by atoms with van der Waals surface area (Å²) < 4.78 is 5.46. The van der Waals surface area contributed by atoms with E-state index in [2.05, 4.69) is 11.1 Å². The van der Waals surface area contributed by atoms with E-state index in [0.717, 1.165) is 5.56 Å². The van der Waals surface area contributed by atoms with Gasteiger partial charge < -0.3 is 15.5 Å². The summed E-state index contributed by atoms with van der Waals surface area (Å²) in [6.45, 7) is 1.77. The highest BCUT2D eigenvalue weighted by atomic mass is 16.5. The summed E-state index contributed by atoms with van der Waals surface area (Å²) in [6.07, 6.45) is 0. The molecular formula is C16H13N3O2. The van der Waals surface area contributed by atoms with Gasteiger partial charge in [-0.1, -0.05) is 30.3 Å². The highest BCUT2D eigenvalue weighted by molar-refractivity contribution is 5.54. The third-order valence-corrected chi connectivity index (χ3v) is 3.48. The summed E-state index contributed by atoms with van der Waals surface area (Å²) in [7, 11) is 0. The molecule has 1 aliphatic rings. The van der Waals surface area contributed by atoms with E-state index < -0.39 is 5.92 Å². The lowest BCUT2D eigenvalue weighted by molar-refractivity contribution is 0.391. The monoisotopic (exact) mass is 279 g/mol. The smallest absolute Gasteiger partial charge is 0.256 e. The molecule has 0 fully saturated rings. The number of ether oxygens (including phenoxy) is 1. The van der Waals surface area contributed by atoms with E-state index in [-0.39, 0.29) is 17.0 Å². The van der Waals surface area contributed by atoms with Gasteiger partial charge in [0.2, 0.25) is 5.88 Å². The van der Waals surface area contributed by atoms with E-state index in [1.54, 1.807) is 13.0 Å². The zero-order valence-corrected chi connectivity index (χ0v) is 11.4. The second kappa shape index (κ2) is 4.84. The molecule has 3 N–H and O–H groups in total. The standard InChI is InChI=1S/C16H13N3O2/c1-9-7-12-14(16(20)19-9)13(10-5-3-2-4-6-10)11(8-17)15(18)21-12/h2-7,13H,18H2,1H3,(H,19,20)/t13-/m1/s1. The second-order valence-electron chi connectivity index (χ2n) is 4.89. The van der Waals surface area contributed by atoms with Gasteiger partial charge in [-0.15, -0.1) is 0 Å². The van der Waals surface area contributed by atoms with Crippen molar-refractivity contribution >= 4 is 0 Å². The second-order valence-corrected chi connectivity index (χ2v) is 4.89. The highest BCUT2D eigenvalue weighted by Gasteiger charge is 2.33. The number of rotatable bonds is 1. The lowest BCUT2D eigenvalue weighted by atomic mass is 9.84. The molecule has 5 heteroatoms. The van der Waals surface area contributed by atoms with Crippen LogP contribution in [0.1, 0.15) is 22.7 Å². The van der Waals surface area contributed by atoms with Crippen molar-refractivity contribution in [3.8, 4) is 11.8 Å². The fourth-order valence-corrected chi connectivity index (χ4v) is 2.59. The summed E-state index contributed by atoms with van der Waals surface area (Å²) in [6, 6.07) is 13.1. The van der Waals surface area contributed by atoms with Gasteiger partial charge in [0.15, 0.2) is 0 Å². The van der Waals surface area contributed by atoms with Gasteiger partial charge in [-0.2, -0.15) is 5.26 Å². The number of allylic oxidation sites excluding steroid dienone is 1. The number of hydrogen-bond donors (Lipinski definition) is 2. The van der Waals surface area contributed by atoms with Crippen LogP contribution in [0.5, 0.6) is 5.75 Å². The molecule has 1 aromatic heterocycles. The normalized spacial score (nSPS) is 16.9. The van der Waals surface area contributed by atoms with E-state index in [9.17, 15) is 10.1 Å². The highest BCUT2D eigenvalue weighted by Crippen LogP contribution is 2.39. The molecule has 1 aliphatic heterocycles. The maximum absolute atomic E-state index is 12.3. The summed E-state index contributed by atoms with van der Waals surface area (Å²) in [5.74, 6) is -0.0604. The Kier molecular flexibility index (Phi) is 2.99. The lowest BCUT2D eigenvalue weighted by Gasteiger charge is -2.25. The van der Waals surface area contributed by atoms with Crippen LogP contribution in [-0.4, -0.2) is 4.98 Å². The predicted molar refractivity (Wildman–Crippen MR) is 77.5 cm³/mol. The molecule has 1 atom stereocenters. The van der Waals surface area contributed by atoms with Gasteiger partial charge in [0.1, 0.15) is 17.4 Å². The first-order chi connectivity index (χ1) is 10.1. The van der Waals surface area contributed by atoms with Crippen LogP contribution >= 0.6 is 0 Å². The van der Waals surface area contributed by atoms with Crippen LogP contribution in [0, 0.1) is 18.3 Å². The van der Waals surface area contributed by atoms with Gasteiger partial charge in [0, 0.05) is 11.8 Å². The Labute approximate surface area is 121 Å². The number of H-pyrrole nitrogens is 1. The van der Waals surface area contributed by atoms with Crippen LogP contribution in [0.2, 0.25) is 0 Å². The minimum atomic E-state index is -0.510. The van der Waals surface area contributed by atoms with E-state index in [1.165, 1.54) is 0 Å². The molecule has 2 heterocycles. The Morgan fingerprint density at radius 3 is 2.71 bits per heavy atom. The van der Waals surface area contributed by atoms with Crippen LogP contribution in [0.25, 0.3) is 0 Å². The number of aromatic amines is 1. The summed E-state index contributed by atoms with van der Waals surface area (Å²) in [5, 5.41) is 9.38. The Hall–Kier alpha value is -3.00. The number of aryl methyl sites for hydroxylation is 1. The number of benzene rings is 1. The fraction of sp³-hybridized carbons (Fsp3) is 0.125. The van der Waals surface area contributed by atoms with E-state index >= 15 is 0 Å². The molecule has 0 unspecified atom stereocenters. The van der Waals surface area contributed by atoms with Crippen LogP contribution < -0.4 is 16.0 Å². The molecule has 2 aromatic rings. The molecule has 1 aromatic carbocycles. The average molecular weight is 279 g/mol. The molecule has 21 heavy (non-hydrogen) atoms. The number of aromatic nitrogens is 1. The summed E-state index contributed by atoms with van der Waals surface area (Å²) >= 11 is 0. The molecule has 0 aliphatic carbocycles. The van der Waals surface area contributed by atoms with Crippen molar-refractivity contribution in [1.29, 1.82) is 5.26 Å². The van der Waals surface area contributed by atoms with Crippen LogP contribution in [0.15, 0.2) is 52.6 Å². The van der Waals surface area contributed by atoms with E-state index in [0.29, 0.717) is 17.0 Å². The number of nitrogens with zero attached hydrogens (tertiary/aromatic N) is 1. The zero-order valence-electron chi connectivity index (χ0n) is 11.4. The molecule has 0 radical (unpaired) electrons. The maximum atomic E-state index is 12.3. The SMILES string of the molecule is Cc1cc2c(c(=O)[nH]1)[C@H](c1ccccc1)C(C#N)=C(N)O2. The average Bonchev–Trinajstić information content (AvgIpc) is 2.46. The van der Waals surface area contributed by atoms with Crippen molar-refractivity contribution in [3.05, 3.63) is 75.0 Å². The van der Waals surface area contributed by atoms with Crippen molar-refractivity contribution in [1.82, 2.24) is 4.98 Å². The number of hydrogen-bond acceptors (Lipinski definition) is 4.